The molecule has 0 atom stereocenters. The lowest BCUT2D eigenvalue weighted by atomic mass is 10.1. The summed E-state index contributed by atoms with van der Waals surface area (Å²) in [5.74, 6) is 0.197. The summed E-state index contributed by atoms with van der Waals surface area (Å²) in [5, 5.41) is 0. The first-order valence-electron chi connectivity index (χ1n) is 6.38. The minimum absolute atomic E-state index is 0.0208. The predicted octanol–water partition coefficient (Wildman–Crippen LogP) is 3.18. The van der Waals surface area contributed by atoms with Gasteiger partial charge in [-0.3, -0.25) is 4.79 Å². The zero-order chi connectivity index (χ0) is 13.2. The normalized spacial score (nSPS) is 14.8. The van der Waals surface area contributed by atoms with Crippen LogP contribution >= 0.6 is 0 Å². The van der Waals surface area contributed by atoms with E-state index in [4.69, 9.17) is 4.74 Å². The van der Waals surface area contributed by atoms with Crippen molar-refractivity contribution in [3.8, 4) is 0 Å². The molecule has 18 heavy (non-hydrogen) atoms. The fraction of sp³-hybridized carbons (Fsp3) is 0.533. The molecule has 1 aliphatic rings. The van der Waals surface area contributed by atoms with Gasteiger partial charge in [-0.05, 0) is 18.4 Å². The zero-order valence-electron chi connectivity index (χ0n) is 11.2. The van der Waals surface area contributed by atoms with Crippen molar-refractivity contribution in [3.63, 3.8) is 0 Å². The Morgan fingerprint density at radius 1 is 1.17 bits per heavy atom. The third kappa shape index (κ3) is 5.32. The first-order valence-corrected chi connectivity index (χ1v) is 6.38. The number of rotatable bonds is 3. The summed E-state index contributed by atoms with van der Waals surface area (Å²) in [6.07, 6.45) is 4.46. The molecule has 3 nitrogen and oxygen atoms in total. The van der Waals surface area contributed by atoms with E-state index in [0.717, 1.165) is 12.8 Å². The van der Waals surface area contributed by atoms with E-state index >= 15 is 0 Å². The lowest BCUT2D eigenvalue weighted by Gasteiger charge is -2.03. The van der Waals surface area contributed by atoms with Crippen molar-refractivity contribution < 1.29 is 14.3 Å². The monoisotopic (exact) mass is 250 g/mol. The van der Waals surface area contributed by atoms with Gasteiger partial charge in [0.15, 0.2) is 0 Å². The SMILES string of the molecule is COC(=O)C1CCCC1.COCc1ccccc1. The third-order valence-electron chi connectivity index (χ3n) is 3.04. The maximum atomic E-state index is 10.8. The molecule has 0 amide bonds. The highest BCUT2D eigenvalue weighted by Gasteiger charge is 2.22. The second kappa shape index (κ2) is 8.70. The van der Waals surface area contributed by atoms with Gasteiger partial charge in [-0.15, -0.1) is 0 Å². The molecule has 1 aromatic carbocycles. The van der Waals surface area contributed by atoms with Gasteiger partial charge in [0.1, 0.15) is 0 Å². The van der Waals surface area contributed by atoms with Crippen molar-refractivity contribution in [2.45, 2.75) is 32.3 Å². The van der Waals surface area contributed by atoms with Gasteiger partial charge in [0.05, 0.1) is 19.6 Å². The molecule has 0 heterocycles. The Labute approximate surface area is 109 Å². The highest BCUT2D eigenvalue weighted by molar-refractivity contribution is 5.72. The van der Waals surface area contributed by atoms with Gasteiger partial charge < -0.3 is 9.47 Å². The summed E-state index contributed by atoms with van der Waals surface area (Å²) >= 11 is 0. The molecule has 3 heteroatoms. The molecular weight excluding hydrogens is 228 g/mol. The van der Waals surface area contributed by atoms with Crippen LogP contribution in [0.25, 0.3) is 0 Å². The Hall–Kier alpha value is -1.35. The van der Waals surface area contributed by atoms with Crippen molar-refractivity contribution in [2.75, 3.05) is 14.2 Å². The summed E-state index contributed by atoms with van der Waals surface area (Å²) in [6.45, 7) is 0.709. The highest BCUT2D eigenvalue weighted by Crippen LogP contribution is 2.25. The molecule has 0 N–H and O–H groups in total. The van der Waals surface area contributed by atoms with E-state index in [1.54, 1.807) is 7.11 Å². The summed E-state index contributed by atoms with van der Waals surface area (Å²) in [6, 6.07) is 10.1. The summed E-state index contributed by atoms with van der Waals surface area (Å²) in [5.41, 5.74) is 1.22. The number of benzene rings is 1. The van der Waals surface area contributed by atoms with Gasteiger partial charge >= 0.3 is 5.97 Å². The van der Waals surface area contributed by atoms with Crippen molar-refractivity contribution >= 4 is 5.97 Å². The molecule has 1 aromatic rings. The van der Waals surface area contributed by atoms with Gasteiger partial charge in [-0.2, -0.15) is 0 Å². The van der Waals surface area contributed by atoms with E-state index in [0.29, 0.717) is 6.61 Å². The molecule has 1 fully saturated rings. The fourth-order valence-electron chi connectivity index (χ4n) is 2.07. The standard InChI is InChI=1S/C8H10O.C7H12O2/c1-9-7-8-5-3-2-4-6-8;1-9-7(8)6-4-2-3-5-6/h2-6H,7H2,1H3;6H,2-5H2,1H3. The van der Waals surface area contributed by atoms with Crippen LogP contribution in [0.4, 0.5) is 0 Å². The van der Waals surface area contributed by atoms with Crippen molar-refractivity contribution in [3.05, 3.63) is 35.9 Å². The molecule has 0 bridgehead atoms. The number of methoxy groups -OCH3 is 2. The molecule has 0 aliphatic heterocycles. The van der Waals surface area contributed by atoms with Crippen molar-refractivity contribution in [1.29, 1.82) is 0 Å². The Kier molecular flexibility index (Phi) is 7.11. The molecule has 0 aromatic heterocycles. The van der Waals surface area contributed by atoms with Crippen LogP contribution in [0.15, 0.2) is 30.3 Å². The number of carbonyl (C=O) groups is 1. The number of hydrogen-bond acceptors (Lipinski definition) is 3. The molecule has 0 spiro atoms. The molecule has 0 unspecified atom stereocenters. The molecule has 0 saturated heterocycles. The maximum Gasteiger partial charge on any atom is 0.308 e. The van der Waals surface area contributed by atoms with E-state index in [2.05, 4.69) is 4.74 Å². The van der Waals surface area contributed by atoms with E-state index < -0.39 is 0 Å². The molecule has 1 saturated carbocycles. The van der Waals surface area contributed by atoms with Crippen LogP contribution in [-0.2, 0) is 20.9 Å². The van der Waals surface area contributed by atoms with E-state index in [1.165, 1.54) is 25.5 Å². The van der Waals surface area contributed by atoms with Crippen LogP contribution in [0, 0.1) is 5.92 Å². The molecule has 1 aliphatic carbocycles. The quantitative estimate of drug-likeness (QED) is 0.773. The number of hydrogen-bond donors (Lipinski definition) is 0. The van der Waals surface area contributed by atoms with Crippen LogP contribution < -0.4 is 0 Å². The molecule has 0 radical (unpaired) electrons. The van der Waals surface area contributed by atoms with Crippen LogP contribution in [-0.4, -0.2) is 20.2 Å². The van der Waals surface area contributed by atoms with Crippen molar-refractivity contribution in [2.24, 2.45) is 5.92 Å². The number of esters is 1. The van der Waals surface area contributed by atoms with Gasteiger partial charge in [0.2, 0.25) is 0 Å². The highest BCUT2D eigenvalue weighted by atomic mass is 16.5. The van der Waals surface area contributed by atoms with Gasteiger partial charge in [-0.25, -0.2) is 0 Å². The third-order valence-corrected chi connectivity index (χ3v) is 3.04. The van der Waals surface area contributed by atoms with Crippen LogP contribution in [0.5, 0.6) is 0 Å². The molecule has 100 valence electrons. The molecule has 2 rings (SSSR count). The second-order valence-corrected chi connectivity index (χ2v) is 4.42. The first-order chi connectivity index (χ1) is 8.77. The van der Waals surface area contributed by atoms with E-state index in [9.17, 15) is 4.79 Å². The van der Waals surface area contributed by atoms with Crippen molar-refractivity contribution in [1.82, 2.24) is 0 Å². The van der Waals surface area contributed by atoms with Gasteiger partial charge in [0.25, 0.3) is 0 Å². The Morgan fingerprint density at radius 2 is 1.78 bits per heavy atom. The first kappa shape index (κ1) is 14.7. The van der Waals surface area contributed by atoms with E-state index in [-0.39, 0.29) is 11.9 Å². The Balaban J connectivity index is 0.000000180. The van der Waals surface area contributed by atoms with Gasteiger partial charge in [0, 0.05) is 7.11 Å². The number of ether oxygens (including phenoxy) is 2. The van der Waals surface area contributed by atoms with E-state index in [1.807, 2.05) is 30.3 Å². The number of carbonyl (C=O) groups excluding carboxylic acids is 1. The Bertz CT molecular complexity index is 329. The summed E-state index contributed by atoms with van der Waals surface area (Å²) in [4.78, 5) is 10.8. The fourth-order valence-corrected chi connectivity index (χ4v) is 2.07. The maximum absolute atomic E-state index is 10.8. The molecular formula is C15H22O3. The summed E-state index contributed by atoms with van der Waals surface area (Å²) in [7, 11) is 3.16. The minimum atomic E-state index is -0.0208. The average molecular weight is 250 g/mol. The lowest BCUT2D eigenvalue weighted by molar-refractivity contribution is -0.145. The van der Waals surface area contributed by atoms with Gasteiger partial charge in [-0.1, -0.05) is 43.2 Å². The van der Waals surface area contributed by atoms with Crippen LogP contribution in [0.2, 0.25) is 0 Å². The minimum Gasteiger partial charge on any atom is -0.469 e. The second-order valence-electron chi connectivity index (χ2n) is 4.42. The average Bonchev–Trinajstić information content (AvgIpc) is 2.94. The van der Waals surface area contributed by atoms with Crippen LogP contribution in [0.1, 0.15) is 31.2 Å². The summed E-state index contributed by atoms with van der Waals surface area (Å²) < 4.78 is 9.52. The lowest BCUT2D eigenvalue weighted by Crippen LogP contribution is -2.11. The largest absolute Gasteiger partial charge is 0.469 e. The Morgan fingerprint density at radius 3 is 2.28 bits per heavy atom. The smallest absolute Gasteiger partial charge is 0.308 e. The predicted molar refractivity (Wildman–Crippen MR) is 71.1 cm³/mol. The topological polar surface area (TPSA) is 35.5 Å². The zero-order valence-corrected chi connectivity index (χ0v) is 11.2. The van der Waals surface area contributed by atoms with Crippen LogP contribution in [0.3, 0.4) is 0 Å².